The normalized spacial score (nSPS) is 15.4. The van der Waals surface area contributed by atoms with Crippen LogP contribution in [-0.4, -0.2) is 38.3 Å². The van der Waals surface area contributed by atoms with E-state index in [1.54, 1.807) is 0 Å². The molecule has 1 saturated heterocycles. The van der Waals surface area contributed by atoms with Gasteiger partial charge >= 0.3 is 0 Å². The van der Waals surface area contributed by atoms with E-state index in [1.165, 1.54) is 22.5 Å². The van der Waals surface area contributed by atoms with Crippen LogP contribution in [0.15, 0.2) is 47.4 Å². The van der Waals surface area contributed by atoms with E-state index in [0.29, 0.717) is 25.4 Å². The third kappa shape index (κ3) is 5.33. The van der Waals surface area contributed by atoms with Gasteiger partial charge in [0.2, 0.25) is 10.0 Å². The smallest absolute Gasteiger partial charge is 0.251 e. The number of rotatable bonds is 7. The lowest BCUT2D eigenvalue weighted by Gasteiger charge is -2.21. The number of carbonyl (C=O) groups excluding carboxylic acids is 1. The monoisotopic (exact) mass is 450 g/mol. The third-order valence-electron chi connectivity index (χ3n) is 5.09. The topological polar surface area (TPSA) is 75.7 Å². The molecule has 30 heavy (non-hydrogen) atoms. The average molecular weight is 451 g/mol. The molecule has 1 amide bonds. The number of benzene rings is 2. The highest BCUT2D eigenvalue weighted by Gasteiger charge is 2.28. The van der Waals surface area contributed by atoms with Crippen molar-refractivity contribution in [3.63, 3.8) is 0 Å². The minimum atomic E-state index is -3.75. The first-order valence-electron chi connectivity index (χ1n) is 10.2. The van der Waals surface area contributed by atoms with Crippen LogP contribution in [0.3, 0.4) is 0 Å². The van der Waals surface area contributed by atoms with Gasteiger partial charge < -0.3 is 10.1 Å². The number of amides is 1. The Morgan fingerprint density at radius 1 is 1.10 bits per heavy atom. The maximum atomic E-state index is 13.1. The lowest BCUT2D eigenvalue weighted by Crippen LogP contribution is -2.32. The molecule has 3 rings (SSSR count). The van der Waals surface area contributed by atoms with Crippen molar-refractivity contribution in [2.45, 2.75) is 44.0 Å². The van der Waals surface area contributed by atoms with Crippen molar-refractivity contribution in [2.24, 2.45) is 0 Å². The van der Waals surface area contributed by atoms with Gasteiger partial charge in [-0.05, 0) is 44.0 Å². The number of halogens is 1. The first kappa shape index (κ1) is 22.6. The number of para-hydroxylation sites is 1. The first-order chi connectivity index (χ1) is 14.4. The van der Waals surface area contributed by atoms with Gasteiger partial charge in [-0.15, -0.1) is 0 Å². The quantitative estimate of drug-likeness (QED) is 0.684. The number of ether oxygens (including phenoxy) is 1. The molecule has 1 fully saturated rings. The Bertz CT molecular complexity index is 986. The first-order valence-corrected chi connectivity index (χ1v) is 12.0. The molecule has 2 aromatic rings. The Kier molecular flexibility index (Phi) is 7.75. The van der Waals surface area contributed by atoms with Crippen LogP contribution in [0.25, 0.3) is 0 Å². The molecule has 2 aromatic carbocycles. The number of hydrogen-bond acceptors (Lipinski definition) is 4. The second-order valence-electron chi connectivity index (χ2n) is 7.19. The second kappa shape index (κ2) is 10.3. The van der Waals surface area contributed by atoms with Crippen LogP contribution < -0.4 is 10.1 Å². The van der Waals surface area contributed by atoms with Gasteiger partial charge in [0.1, 0.15) is 10.6 Å². The maximum Gasteiger partial charge on any atom is 0.251 e. The van der Waals surface area contributed by atoms with Gasteiger partial charge in [-0.25, -0.2) is 8.42 Å². The van der Waals surface area contributed by atoms with Crippen molar-refractivity contribution in [1.29, 1.82) is 0 Å². The summed E-state index contributed by atoms with van der Waals surface area (Å²) in [5, 5.41) is 2.95. The zero-order valence-corrected chi connectivity index (χ0v) is 18.6. The predicted octanol–water partition coefficient (Wildman–Crippen LogP) is 4.23. The van der Waals surface area contributed by atoms with E-state index < -0.39 is 10.0 Å². The summed E-state index contributed by atoms with van der Waals surface area (Å²) in [4.78, 5) is 12.7. The summed E-state index contributed by atoms with van der Waals surface area (Å²) < 4.78 is 33.3. The molecule has 0 aliphatic carbocycles. The minimum absolute atomic E-state index is 0.0200. The Hall–Kier alpha value is -2.09. The second-order valence-corrected chi connectivity index (χ2v) is 9.50. The molecule has 1 aliphatic heterocycles. The molecule has 0 aromatic heterocycles. The van der Waals surface area contributed by atoms with Crippen LogP contribution >= 0.6 is 11.6 Å². The minimum Gasteiger partial charge on any atom is -0.494 e. The fourth-order valence-electron chi connectivity index (χ4n) is 3.49. The van der Waals surface area contributed by atoms with Gasteiger partial charge in [0, 0.05) is 30.8 Å². The SMILES string of the molecule is CCOc1ccccc1CNC(=O)c1ccc(Cl)c(S(=O)(=O)N2CCCCCC2)c1. The summed E-state index contributed by atoms with van der Waals surface area (Å²) in [7, 11) is -3.75. The molecular weight excluding hydrogens is 424 g/mol. The molecule has 6 nitrogen and oxygen atoms in total. The molecule has 1 aliphatic rings. The summed E-state index contributed by atoms with van der Waals surface area (Å²) in [6, 6.07) is 11.8. The van der Waals surface area contributed by atoms with E-state index in [-0.39, 0.29) is 27.9 Å². The lowest BCUT2D eigenvalue weighted by atomic mass is 10.1. The summed E-state index contributed by atoms with van der Waals surface area (Å²) in [5.74, 6) is 0.339. The Labute approximate surface area is 183 Å². The Balaban J connectivity index is 1.78. The van der Waals surface area contributed by atoms with Gasteiger partial charge in [-0.2, -0.15) is 4.31 Å². The summed E-state index contributed by atoms with van der Waals surface area (Å²) in [5.41, 5.74) is 1.10. The fourth-order valence-corrected chi connectivity index (χ4v) is 5.50. The zero-order chi connectivity index (χ0) is 21.6. The third-order valence-corrected chi connectivity index (χ3v) is 7.47. The molecule has 0 bridgehead atoms. The molecule has 0 saturated carbocycles. The van der Waals surface area contributed by atoms with E-state index in [4.69, 9.17) is 16.3 Å². The van der Waals surface area contributed by atoms with Crippen molar-refractivity contribution in [1.82, 2.24) is 9.62 Å². The highest BCUT2D eigenvalue weighted by Crippen LogP contribution is 2.28. The number of hydrogen-bond donors (Lipinski definition) is 1. The summed E-state index contributed by atoms with van der Waals surface area (Å²) >= 11 is 6.22. The average Bonchev–Trinajstić information content (AvgIpc) is 3.03. The maximum absolute atomic E-state index is 13.1. The summed E-state index contributed by atoms with van der Waals surface area (Å²) in [6.07, 6.45) is 3.70. The Morgan fingerprint density at radius 3 is 2.50 bits per heavy atom. The van der Waals surface area contributed by atoms with E-state index in [1.807, 2.05) is 31.2 Å². The van der Waals surface area contributed by atoms with E-state index >= 15 is 0 Å². The van der Waals surface area contributed by atoms with Crippen molar-refractivity contribution in [3.05, 3.63) is 58.6 Å². The molecule has 0 radical (unpaired) electrons. The summed E-state index contributed by atoms with van der Waals surface area (Å²) in [6.45, 7) is 3.65. The van der Waals surface area contributed by atoms with Crippen LogP contribution in [0.1, 0.15) is 48.5 Å². The molecule has 0 atom stereocenters. The number of nitrogens with one attached hydrogen (secondary N) is 1. The molecular formula is C22H27ClN2O4S. The van der Waals surface area contributed by atoms with Crippen molar-refractivity contribution in [2.75, 3.05) is 19.7 Å². The van der Waals surface area contributed by atoms with Crippen molar-refractivity contribution >= 4 is 27.5 Å². The van der Waals surface area contributed by atoms with Gasteiger partial charge in [-0.1, -0.05) is 42.6 Å². The van der Waals surface area contributed by atoms with E-state index in [9.17, 15) is 13.2 Å². The molecule has 1 heterocycles. The van der Waals surface area contributed by atoms with Gasteiger partial charge in [0.05, 0.1) is 11.6 Å². The molecule has 1 N–H and O–H groups in total. The highest BCUT2D eigenvalue weighted by molar-refractivity contribution is 7.89. The van der Waals surface area contributed by atoms with E-state index in [0.717, 1.165) is 31.2 Å². The zero-order valence-electron chi connectivity index (χ0n) is 17.1. The van der Waals surface area contributed by atoms with Crippen LogP contribution in [0.4, 0.5) is 0 Å². The van der Waals surface area contributed by atoms with Gasteiger partial charge in [0.15, 0.2) is 0 Å². The molecule has 8 heteroatoms. The number of sulfonamides is 1. The molecule has 0 spiro atoms. The molecule has 162 valence electrons. The number of nitrogens with zero attached hydrogens (tertiary/aromatic N) is 1. The van der Waals surface area contributed by atoms with Gasteiger partial charge in [0.25, 0.3) is 5.91 Å². The predicted molar refractivity (Wildman–Crippen MR) is 117 cm³/mol. The van der Waals surface area contributed by atoms with E-state index in [2.05, 4.69) is 5.32 Å². The van der Waals surface area contributed by atoms with Crippen LogP contribution in [0.2, 0.25) is 5.02 Å². The fraction of sp³-hybridized carbons (Fsp3) is 0.409. The number of carbonyl (C=O) groups is 1. The lowest BCUT2D eigenvalue weighted by molar-refractivity contribution is 0.0950. The van der Waals surface area contributed by atoms with Gasteiger partial charge in [-0.3, -0.25) is 4.79 Å². The molecule has 0 unspecified atom stereocenters. The van der Waals surface area contributed by atoms with Crippen LogP contribution in [-0.2, 0) is 16.6 Å². The van der Waals surface area contributed by atoms with Crippen molar-refractivity contribution in [3.8, 4) is 5.75 Å². The highest BCUT2D eigenvalue weighted by atomic mass is 35.5. The standard InChI is InChI=1S/C22H27ClN2O4S/c1-2-29-20-10-6-5-9-18(20)16-24-22(26)17-11-12-19(23)21(15-17)30(27,28)25-13-7-3-4-8-14-25/h5-6,9-12,15H,2-4,7-8,13-14,16H2,1H3,(H,24,26). The van der Waals surface area contributed by atoms with Crippen LogP contribution in [0, 0.1) is 0 Å². The van der Waals surface area contributed by atoms with Crippen molar-refractivity contribution < 1.29 is 17.9 Å². The largest absolute Gasteiger partial charge is 0.494 e. The Morgan fingerprint density at radius 2 is 1.80 bits per heavy atom. The van der Waals surface area contributed by atoms with Crippen LogP contribution in [0.5, 0.6) is 5.75 Å².